The standard InChI is InChI=1S/C14H13BrINS/c1-18-12-5-2-10(3-6-12)9-17-11-4-7-13(15)14(16)8-11/h2-8,17H,9H2,1H3. The van der Waals surface area contributed by atoms with Gasteiger partial charge in [0.1, 0.15) is 0 Å². The fourth-order valence-corrected chi connectivity index (χ4v) is 2.72. The van der Waals surface area contributed by atoms with E-state index in [1.54, 1.807) is 11.8 Å². The van der Waals surface area contributed by atoms with E-state index in [9.17, 15) is 0 Å². The van der Waals surface area contributed by atoms with Crippen molar-refractivity contribution in [2.75, 3.05) is 11.6 Å². The van der Waals surface area contributed by atoms with Crippen LogP contribution in [-0.4, -0.2) is 6.26 Å². The largest absolute Gasteiger partial charge is 0.381 e. The van der Waals surface area contributed by atoms with Gasteiger partial charge in [-0.05, 0) is 80.7 Å². The summed E-state index contributed by atoms with van der Waals surface area (Å²) in [4.78, 5) is 1.30. The molecule has 18 heavy (non-hydrogen) atoms. The maximum Gasteiger partial charge on any atom is 0.0400 e. The molecule has 0 aromatic heterocycles. The van der Waals surface area contributed by atoms with Gasteiger partial charge in [-0.2, -0.15) is 0 Å². The Hall–Kier alpha value is -0.200. The first-order chi connectivity index (χ1) is 8.69. The van der Waals surface area contributed by atoms with E-state index in [2.05, 4.69) is 92.6 Å². The molecule has 0 spiro atoms. The molecule has 1 N–H and O–H groups in total. The molecule has 0 fully saturated rings. The minimum Gasteiger partial charge on any atom is -0.381 e. The minimum absolute atomic E-state index is 0.854. The van der Waals surface area contributed by atoms with Gasteiger partial charge in [0, 0.05) is 25.2 Å². The fourth-order valence-electron chi connectivity index (χ4n) is 1.55. The summed E-state index contributed by atoms with van der Waals surface area (Å²) in [5.41, 5.74) is 2.45. The molecule has 2 aromatic carbocycles. The monoisotopic (exact) mass is 433 g/mol. The number of nitrogens with one attached hydrogen (secondary N) is 1. The molecular weight excluding hydrogens is 421 g/mol. The van der Waals surface area contributed by atoms with E-state index in [4.69, 9.17) is 0 Å². The number of anilines is 1. The van der Waals surface area contributed by atoms with Crippen LogP contribution in [0, 0.1) is 3.57 Å². The Bertz CT molecular complexity index is 528. The molecule has 0 aliphatic heterocycles. The molecule has 1 nitrogen and oxygen atoms in total. The van der Waals surface area contributed by atoms with Crippen molar-refractivity contribution in [2.24, 2.45) is 0 Å². The highest BCUT2D eigenvalue weighted by atomic mass is 127. The number of halogens is 2. The van der Waals surface area contributed by atoms with Gasteiger partial charge in [0.15, 0.2) is 0 Å². The summed E-state index contributed by atoms with van der Waals surface area (Å²) in [6.07, 6.45) is 2.09. The highest BCUT2D eigenvalue weighted by molar-refractivity contribution is 14.1. The molecule has 4 heteroatoms. The summed E-state index contributed by atoms with van der Waals surface area (Å²) in [7, 11) is 0. The van der Waals surface area contributed by atoms with Gasteiger partial charge < -0.3 is 5.32 Å². The van der Waals surface area contributed by atoms with Gasteiger partial charge in [-0.15, -0.1) is 11.8 Å². The van der Waals surface area contributed by atoms with E-state index in [1.165, 1.54) is 14.0 Å². The van der Waals surface area contributed by atoms with Gasteiger partial charge >= 0.3 is 0 Å². The Labute approximate surface area is 134 Å². The second kappa shape index (κ2) is 6.82. The van der Waals surface area contributed by atoms with Gasteiger partial charge in [-0.1, -0.05) is 12.1 Å². The first kappa shape index (κ1) is 14.2. The predicted octanol–water partition coefficient (Wildman–Crippen LogP) is 5.39. The summed E-state index contributed by atoms with van der Waals surface area (Å²) in [5, 5.41) is 3.43. The average Bonchev–Trinajstić information content (AvgIpc) is 2.41. The Morgan fingerprint density at radius 2 is 1.89 bits per heavy atom. The molecule has 94 valence electrons. The van der Waals surface area contributed by atoms with Crippen LogP contribution in [0.3, 0.4) is 0 Å². The van der Waals surface area contributed by atoms with Crippen molar-refractivity contribution >= 4 is 56.0 Å². The maximum absolute atomic E-state index is 3.50. The lowest BCUT2D eigenvalue weighted by Gasteiger charge is -2.08. The SMILES string of the molecule is CSc1ccc(CNc2ccc(Br)c(I)c2)cc1. The smallest absolute Gasteiger partial charge is 0.0400 e. The van der Waals surface area contributed by atoms with Crippen LogP contribution >= 0.6 is 50.3 Å². The minimum atomic E-state index is 0.854. The maximum atomic E-state index is 3.50. The number of hydrogen-bond acceptors (Lipinski definition) is 2. The number of thioether (sulfide) groups is 1. The van der Waals surface area contributed by atoms with Crippen LogP contribution in [0.5, 0.6) is 0 Å². The third-order valence-corrected chi connectivity index (χ3v) is 5.64. The molecule has 0 aliphatic rings. The summed E-state index contributed by atoms with van der Waals surface area (Å²) in [6, 6.07) is 15.0. The van der Waals surface area contributed by atoms with Crippen LogP contribution in [0.2, 0.25) is 0 Å². The molecule has 0 amide bonds. The van der Waals surface area contributed by atoms with Gasteiger partial charge in [-0.25, -0.2) is 0 Å². The van der Waals surface area contributed by atoms with E-state index in [0.29, 0.717) is 0 Å². The van der Waals surface area contributed by atoms with Crippen LogP contribution in [0.25, 0.3) is 0 Å². The zero-order valence-corrected chi connectivity index (χ0v) is 14.5. The molecule has 0 atom stereocenters. The average molecular weight is 434 g/mol. The van der Waals surface area contributed by atoms with Crippen molar-refractivity contribution in [3.8, 4) is 0 Å². The molecule has 2 aromatic rings. The first-order valence-electron chi connectivity index (χ1n) is 5.51. The second-order valence-corrected chi connectivity index (χ2v) is 6.73. The van der Waals surface area contributed by atoms with Gasteiger partial charge in [-0.3, -0.25) is 0 Å². The number of rotatable bonds is 4. The molecule has 0 saturated heterocycles. The molecule has 0 aliphatic carbocycles. The van der Waals surface area contributed by atoms with Crippen LogP contribution < -0.4 is 5.32 Å². The van der Waals surface area contributed by atoms with Crippen LogP contribution in [0.4, 0.5) is 5.69 Å². The summed E-state index contributed by atoms with van der Waals surface area (Å²) < 4.78 is 2.35. The molecule has 0 radical (unpaired) electrons. The van der Waals surface area contributed by atoms with E-state index in [1.807, 2.05) is 0 Å². The molecule has 0 bridgehead atoms. The Balaban J connectivity index is 1.99. The Morgan fingerprint density at radius 3 is 2.50 bits per heavy atom. The molecule has 0 unspecified atom stereocenters. The molecular formula is C14H13BrINS. The van der Waals surface area contributed by atoms with Crippen LogP contribution in [-0.2, 0) is 6.54 Å². The first-order valence-corrected chi connectivity index (χ1v) is 8.60. The van der Waals surface area contributed by atoms with Gasteiger partial charge in [0.25, 0.3) is 0 Å². The Morgan fingerprint density at radius 1 is 1.17 bits per heavy atom. The summed E-state index contributed by atoms with van der Waals surface area (Å²) in [5.74, 6) is 0. The second-order valence-electron chi connectivity index (χ2n) is 3.83. The number of benzene rings is 2. The zero-order valence-electron chi connectivity index (χ0n) is 9.91. The topological polar surface area (TPSA) is 12.0 Å². The van der Waals surface area contributed by atoms with Gasteiger partial charge in [0.2, 0.25) is 0 Å². The van der Waals surface area contributed by atoms with Crippen LogP contribution in [0.15, 0.2) is 51.8 Å². The van der Waals surface area contributed by atoms with Crippen molar-refractivity contribution in [3.63, 3.8) is 0 Å². The fraction of sp³-hybridized carbons (Fsp3) is 0.143. The lowest BCUT2D eigenvalue weighted by Crippen LogP contribution is -1.99. The van der Waals surface area contributed by atoms with Crippen molar-refractivity contribution < 1.29 is 0 Å². The van der Waals surface area contributed by atoms with E-state index in [0.717, 1.165) is 16.7 Å². The molecule has 2 rings (SSSR count). The summed E-state index contributed by atoms with van der Waals surface area (Å²) >= 11 is 7.60. The van der Waals surface area contributed by atoms with E-state index in [-0.39, 0.29) is 0 Å². The molecule has 0 heterocycles. The summed E-state index contributed by atoms with van der Waals surface area (Å²) in [6.45, 7) is 0.854. The van der Waals surface area contributed by atoms with Crippen LogP contribution in [0.1, 0.15) is 5.56 Å². The normalized spacial score (nSPS) is 10.4. The third-order valence-electron chi connectivity index (χ3n) is 2.58. The highest BCUT2D eigenvalue weighted by Gasteiger charge is 1.99. The van der Waals surface area contributed by atoms with E-state index >= 15 is 0 Å². The van der Waals surface area contributed by atoms with Crippen molar-refractivity contribution in [1.29, 1.82) is 0 Å². The number of hydrogen-bond donors (Lipinski definition) is 1. The van der Waals surface area contributed by atoms with Gasteiger partial charge in [0.05, 0.1) is 0 Å². The lowest BCUT2D eigenvalue weighted by atomic mass is 10.2. The van der Waals surface area contributed by atoms with E-state index < -0.39 is 0 Å². The lowest BCUT2D eigenvalue weighted by molar-refractivity contribution is 1.14. The predicted molar refractivity (Wildman–Crippen MR) is 92.4 cm³/mol. The van der Waals surface area contributed by atoms with Crippen molar-refractivity contribution in [1.82, 2.24) is 0 Å². The quantitative estimate of drug-likeness (QED) is 0.512. The molecule has 0 saturated carbocycles. The van der Waals surface area contributed by atoms with Crippen molar-refractivity contribution in [3.05, 3.63) is 56.1 Å². The Kier molecular flexibility index (Phi) is 5.38. The third kappa shape index (κ3) is 3.90. The highest BCUT2D eigenvalue weighted by Crippen LogP contribution is 2.23. The van der Waals surface area contributed by atoms with Crippen molar-refractivity contribution in [2.45, 2.75) is 11.4 Å². The zero-order chi connectivity index (χ0) is 13.0.